The minimum absolute atomic E-state index is 0.175. The number of nitrogen functional groups attached to an aromatic ring is 1. The van der Waals surface area contributed by atoms with Crippen molar-refractivity contribution in [1.29, 1.82) is 0 Å². The molecule has 1 heterocycles. The van der Waals surface area contributed by atoms with Crippen molar-refractivity contribution in [1.82, 2.24) is 0 Å². The molecular weight excluding hydrogens is 236 g/mol. The number of nitrogens with zero attached hydrogens (tertiary/aromatic N) is 1. The molecule has 1 saturated carbocycles. The fourth-order valence-electron chi connectivity index (χ4n) is 3.62. The second kappa shape index (κ2) is 5.41. The van der Waals surface area contributed by atoms with Crippen molar-refractivity contribution >= 4 is 11.4 Å². The van der Waals surface area contributed by atoms with Gasteiger partial charge in [0.2, 0.25) is 0 Å². The number of nitrogens with two attached hydrogens (primary N) is 1. The Labute approximate surface area is 115 Å². The van der Waals surface area contributed by atoms with E-state index in [0.29, 0.717) is 6.04 Å². The largest absolute Gasteiger partial charge is 0.399 e. The quantitative estimate of drug-likeness (QED) is 0.603. The zero-order valence-electron chi connectivity index (χ0n) is 11.5. The second-order valence-electron chi connectivity index (χ2n) is 5.96. The van der Waals surface area contributed by atoms with Gasteiger partial charge in [-0.1, -0.05) is 19.3 Å². The molecule has 1 aliphatic heterocycles. The Bertz CT molecular complexity index is 446. The van der Waals surface area contributed by atoms with Gasteiger partial charge in [0.1, 0.15) is 0 Å². The molecule has 104 valence electrons. The van der Waals surface area contributed by atoms with E-state index >= 15 is 0 Å². The molecule has 1 aliphatic carbocycles. The van der Waals surface area contributed by atoms with Crippen LogP contribution in [0.3, 0.4) is 0 Å². The van der Waals surface area contributed by atoms with Gasteiger partial charge in [-0.05, 0) is 49.4 Å². The lowest BCUT2D eigenvalue weighted by molar-refractivity contribution is 0.132. The lowest BCUT2D eigenvalue weighted by atomic mass is 9.96. The third-order valence-electron chi connectivity index (χ3n) is 4.60. The number of hydrogen-bond acceptors (Lipinski definition) is 3. The first kappa shape index (κ1) is 12.8. The third-order valence-corrected chi connectivity index (χ3v) is 4.60. The Kier molecular flexibility index (Phi) is 3.65. The van der Waals surface area contributed by atoms with Crippen LogP contribution in [0.2, 0.25) is 0 Å². The molecule has 3 rings (SSSR count). The molecule has 0 aromatic heterocycles. The summed E-state index contributed by atoms with van der Waals surface area (Å²) in [4.78, 5) is 2.44. The van der Waals surface area contributed by atoms with E-state index in [4.69, 9.17) is 5.73 Å². The van der Waals surface area contributed by atoms with Crippen LogP contribution < -0.4 is 10.6 Å². The number of aliphatic hydroxyl groups is 1. The SMILES string of the molecule is Nc1ccc2c(c1)CCCN2C1CCCCCC1O. The summed E-state index contributed by atoms with van der Waals surface area (Å²) in [5.41, 5.74) is 9.39. The number of rotatable bonds is 1. The average molecular weight is 260 g/mol. The second-order valence-corrected chi connectivity index (χ2v) is 5.96. The summed E-state index contributed by atoms with van der Waals surface area (Å²) in [6.07, 6.45) is 7.83. The standard InChI is InChI=1S/C16H24N2O/c17-13-8-9-14-12(11-13)5-4-10-18(14)15-6-2-1-3-7-16(15)19/h8-9,11,15-16,19H,1-7,10,17H2. The summed E-state index contributed by atoms with van der Waals surface area (Å²) in [6.45, 7) is 1.07. The van der Waals surface area contributed by atoms with Crippen LogP contribution in [0.15, 0.2) is 18.2 Å². The van der Waals surface area contributed by atoms with Crippen LogP contribution in [0.25, 0.3) is 0 Å². The summed E-state index contributed by atoms with van der Waals surface area (Å²) < 4.78 is 0. The summed E-state index contributed by atoms with van der Waals surface area (Å²) in [6, 6.07) is 6.52. The van der Waals surface area contributed by atoms with E-state index in [1.54, 1.807) is 0 Å². The van der Waals surface area contributed by atoms with E-state index in [9.17, 15) is 5.11 Å². The molecule has 1 aromatic rings. The minimum Gasteiger partial charge on any atom is -0.399 e. The fraction of sp³-hybridized carbons (Fsp3) is 0.625. The van der Waals surface area contributed by atoms with Crippen molar-refractivity contribution in [2.24, 2.45) is 0 Å². The summed E-state index contributed by atoms with van der Waals surface area (Å²) in [5, 5.41) is 10.4. The van der Waals surface area contributed by atoms with Gasteiger partial charge < -0.3 is 15.7 Å². The van der Waals surface area contributed by atoms with Gasteiger partial charge in [0.25, 0.3) is 0 Å². The van der Waals surface area contributed by atoms with Gasteiger partial charge in [-0.3, -0.25) is 0 Å². The van der Waals surface area contributed by atoms with Gasteiger partial charge in [0, 0.05) is 17.9 Å². The molecule has 1 fully saturated rings. The molecule has 0 amide bonds. The Morgan fingerprint density at radius 1 is 1.11 bits per heavy atom. The highest BCUT2D eigenvalue weighted by Gasteiger charge is 2.30. The lowest BCUT2D eigenvalue weighted by Gasteiger charge is -2.39. The molecule has 2 atom stereocenters. The van der Waals surface area contributed by atoms with E-state index < -0.39 is 0 Å². The van der Waals surface area contributed by atoms with Gasteiger partial charge >= 0.3 is 0 Å². The highest BCUT2D eigenvalue weighted by atomic mass is 16.3. The van der Waals surface area contributed by atoms with E-state index in [1.165, 1.54) is 36.9 Å². The maximum Gasteiger partial charge on any atom is 0.0743 e. The molecule has 2 aliphatic rings. The van der Waals surface area contributed by atoms with E-state index in [1.807, 2.05) is 6.07 Å². The topological polar surface area (TPSA) is 49.5 Å². The van der Waals surface area contributed by atoms with Crippen LogP contribution in [0.4, 0.5) is 11.4 Å². The molecule has 2 unspecified atom stereocenters. The van der Waals surface area contributed by atoms with Crippen molar-refractivity contribution < 1.29 is 5.11 Å². The predicted molar refractivity (Wildman–Crippen MR) is 79.4 cm³/mol. The van der Waals surface area contributed by atoms with Crippen molar-refractivity contribution in [2.45, 2.75) is 57.1 Å². The molecule has 3 N–H and O–H groups in total. The van der Waals surface area contributed by atoms with Crippen LogP contribution in [0.1, 0.15) is 44.1 Å². The Morgan fingerprint density at radius 2 is 1.95 bits per heavy atom. The van der Waals surface area contributed by atoms with Gasteiger partial charge in [-0.25, -0.2) is 0 Å². The molecule has 3 heteroatoms. The summed E-state index contributed by atoms with van der Waals surface area (Å²) in [7, 11) is 0. The first-order valence-electron chi connectivity index (χ1n) is 7.59. The average Bonchev–Trinajstić information content (AvgIpc) is 2.62. The number of anilines is 2. The molecule has 19 heavy (non-hydrogen) atoms. The van der Waals surface area contributed by atoms with E-state index in [2.05, 4.69) is 17.0 Å². The van der Waals surface area contributed by atoms with Crippen LogP contribution in [-0.4, -0.2) is 23.8 Å². The van der Waals surface area contributed by atoms with Gasteiger partial charge in [-0.15, -0.1) is 0 Å². The Hall–Kier alpha value is -1.22. The van der Waals surface area contributed by atoms with Crippen molar-refractivity contribution in [3.8, 4) is 0 Å². The Balaban J connectivity index is 1.89. The molecule has 0 radical (unpaired) electrons. The smallest absolute Gasteiger partial charge is 0.0743 e. The Morgan fingerprint density at radius 3 is 2.84 bits per heavy atom. The van der Waals surface area contributed by atoms with E-state index in [-0.39, 0.29) is 6.10 Å². The van der Waals surface area contributed by atoms with Crippen molar-refractivity contribution in [3.05, 3.63) is 23.8 Å². The van der Waals surface area contributed by atoms with Crippen LogP contribution >= 0.6 is 0 Å². The zero-order valence-corrected chi connectivity index (χ0v) is 11.5. The molecule has 0 spiro atoms. The normalized spacial score (nSPS) is 27.7. The molecule has 0 bridgehead atoms. The lowest BCUT2D eigenvalue weighted by Crippen LogP contribution is -2.45. The minimum atomic E-state index is -0.175. The van der Waals surface area contributed by atoms with Gasteiger partial charge in [-0.2, -0.15) is 0 Å². The first-order chi connectivity index (χ1) is 9.25. The maximum absolute atomic E-state index is 10.4. The zero-order chi connectivity index (χ0) is 13.2. The highest BCUT2D eigenvalue weighted by molar-refractivity contribution is 5.61. The third kappa shape index (κ3) is 2.57. The van der Waals surface area contributed by atoms with Gasteiger partial charge in [0.05, 0.1) is 12.1 Å². The first-order valence-corrected chi connectivity index (χ1v) is 7.59. The molecule has 0 saturated heterocycles. The van der Waals surface area contributed by atoms with E-state index in [0.717, 1.165) is 31.5 Å². The number of benzene rings is 1. The van der Waals surface area contributed by atoms with Crippen LogP contribution in [0, 0.1) is 0 Å². The summed E-state index contributed by atoms with van der Waals surface area (Å²) >= 11 is 0. The number of hydrogen-bond donors (Lipinski definition) is 2. The number of aryl methyl sites for hydroxylation is 1. The molecular formula is C16H24N2O. The fourth-order valence-corrected chi connectivity index (χ4v) is 3.62. The highest BCUT2D eigenvalue weighted by Crippen LogP contribution is 2.34. The summed E-state index contributed by atoms with van der Waals surface area (Å²) in [5.74, 6) is 0. The predicted octanol–water partition coefficient (Wildman–Crippen LogP) is 2.72. The van der Waals surface area contributed by atoms with Crippen molar-refractivity contribution in [2.75, 3.05) is 17.2 Å². The van der Waals surface area contributed by atoms with Crippen LogP contribution in [-0.2, 0) is 6.42 Å². The van der Waals surface area contributed by atoms with Crippen molar-refractivity contribution in [3.63, 3.8) is 0 Å². The molecule has 3 nitrogen and oxygen atoms in total. The number of aliphatic hydroxyl groups excluding tert-OH is 1. The molecule has 1 aromatic carbocycles. The number of fused-ring (bicyclic) bond motifs is 1. The maximum atomic E-state index is 10.4. The van der Waals surface area contributed by atoms with Crippen LogP contribution in [0.5, 0.6) is 0 Å². The van der Waals surface area contributed by atoms with Gasteiger partial charge in [0.15, 0.2) is 0 Å². The monoisotopic (exact) mass is 260 g/mol.